The number of aromatic amines is 1. The Hall–Kier alpha value is -2.03. The summed E-state index contributed by atoms with van der Waals surface area (Å²) in [5, 5.41) is 6.79. The van der Waals surface area contributed by atoms with Crippen molar-refractivity contribution in [3.05, 3.63) is 47.8 Å². The quantitative estimate of drug-likeness (QED) is 0.826. The highest BCUT2D eigenvalue weighted by Gasteiger charge is 1.91. The van der Waals surface area contributed by atoms with Gasteiger partial charge in [0.15, 0.2) is 0 Å². The number of benzene rings is 1. The van der Waals surface area contributed by atoms with Gasteiger partial charge in [-0.1, -0.05) is 18.2 Å². The lowest BCUT2D eigenvalue weighted by atomic mass is 10.2. The van der Waals surface area contributed by atoms with Crippen LogP contribution in [0, 0.1) is 0 Å². The second-order valence-corrected chi connectivity index (χ2v) is 3.11. The lowest BCUT2D eigenvalue weighted by Gasteiger charge is -1.98. The molecule has 0 bridgehead atoms. The third kappa shape index (κ3) is 2.47. The Morgan fingerprint density at radius 2 is 1.93 bits per heavy atom. The van der Waals surface area contributed by atoms with Crippen molar-refractivity contribution in [2.45, 2.75) is 0 Å². The molecule has 0 aliphatic carbocycles. The summed E-state index contributed by atoms with van der Waals surface area (Å²) < 4.78 is 5.08. The molecule has 0 aliphatic rings. The van der Waals surface area contributed by atoms with Gasteiger partial charge in [0, 0.05) is 6.20 Å². The number of hydrogen-bond donors (Lipinski definition) is 1. The molecule has 3 heteroatoms. The predicted molar refractivity (Wildman–Crippen MR) is 60.5 cm³/mol. The molecule has 1 aromatic heterocycles. The molecule has 2 rings (SSSR count). The van der Waals surface area contributed by atoms with Crippen molar-refractivity contribution >= 4 is 12.2 Å². The van der Waals surface area contributed by atoms with Crippen LogP contribution in [0.4, 0.5) is 0 Å². The first-order chi connectivity index (χ1) is 7.38. The standard InChI is InChI=1S/C12H12N2O/c1-15-12-6-3-10(4-7-12)2-5-11-8-9-13-14-11/h2-9H,1H3,(H,13,14)/b5-2-. The van der Waals surface area contributed by atoms with Gasteiger partial charge >= 0.3 is 0 Å². The van der Waals surface area contributed by atoms with Gasteiger partial charge in [-0.25, -0.2) is 0 Å². The molecule has 1 aromatic carbocycles. The Balaban J connectivity index is 2.11. The number of ether oxygens (including phenoxy) is 1. The minimum absolute atomic E-state index is 0.868. The topological polar surface area (TPSA) is 37.9 Å². The van der Waals surface area contributed by atoms with Crippen molar-refractivity contribution in [3.63, 3.8) is 0 Å². The van der Waals surface area contributed by atoms with Gasteiger partial charge < -0.3 is 4.74 Å². The van der Waals surface area contributed by atoms with Crippen LogP contribution in [0.5, 0.6) is 5.75 Å². The van der Waals surface area contributed by atoms with E-state index in [0.29, 0.717) is 0 Å². The van der Waals surface area contributed by atoms with E-state index in [9.17, 15) is 0 Å². The first kappa shape index (κ1) is 9.52. The molecule has 0 fully saturated rings. The van der Waals surface area contributed by atoms with Crippen LogP contribution in [-0.4, -0.2) is 17.3 Å². The molecule has 76 valence electrons. The molecule has 15 heavy (non-hydrogen) atoms. The Kier molecular flexibility index (Phi) is 2.83. The predicted octanol–water partition coefficient (Wildman–Crippen LogP) is 2.59. The van der Waals surface area contributed by atoms with Crippen molar-refractivity contribution < 1.29 is 4.74 Å². The summed E-state index contributed by atoms with van der Waals surface area (Å²) >= 11 is 0. The zero-order valence-electron chi connectivity index (χ0n) is 8.47. The van der Waals surface area contributed by atoms with Gasteiger partial charge in [0.05, 0.1) is 12.8 Å². The number of hydrogen-bond acceptors (Lipinski definition) is 2. The maximum Gasteiger partial charge on any atom is 0.118 e. The summed E-state index contributed by atoms with van der Waals surface area (Å²) in [6.07, 6.45) is 5.77. The number of nitrogens with one attached hydrogen (secondary N) is 1. The molecule has 0 saturated heterocycles. The van der Waals surface area contributed by atoms with E-state index in [1.165, 1.54) is 0 Å². The van der Waals surface area contributed by atoms with E-state index < -0.39 is 0 Å². The average molecular weight is 200 g/mol. The van der Waals surface area contributed by atoms with Crippen LogP contribution in [0.25, 0.3) is 12.2 Å². The van der Waals surface area contributed by atoms with Crippen molar-refractivity contribution in [1.82, 2.24) is 10.2 Å². The monoisotopic (exact) mass is 200 g/mol. The van der Waals surface area contributed by atoms with E-state index in [1.807, 2.05) is 42.5 Å². The summed E-state index contributed by atoms with van der Waals surface area (Å²) in [5.41, 5.74) is 2.05. The summed E-state index contributed by atoms with van der Waals surface area (Å²) in [7, 11) is 1.66. The molecule has 0 unspecified atom stereocenters. The Bertz CT molecular complexity index is 429. The lowest BCUT2D eigenvalue weighted by Crippen LogP contribution is -1.81. The highest BCUT2D eigenvalue weighted by atomic mass is 16.5. The zero-order valence-corrected chi connectivity index (χ0v) is 8.47. The van der Waals surface area contributed by atoms with Crippen LogP contribution in [0.15, 0.2) is 36.5 Å². The van der Waals surface area contributed by atoms with E-state index in [1.54, 1.807) is 13.3 Å². The van der Waals surface area contributed by atoms with Crippen molar-refractivity contribution in [2.24, 2.45) is 0 Å². The molecule has 0 atom stereocenters. The van der Waals surface area contributed by atoms with Gasteiger partial charge in [0.1, 0.15) is 5.75 Å². The van der Waals surface area contributed by atoms with Crippen molar-refractivity contribution in [3.8, 4) is 5.75 Å². The molecule has 0 radical (unpaired) electrons. The van der Waals surface area contributed by atoms with E-state index in [2.05, 4.69) is 10.2 Å². The fourth-order valence-electron chi connectivity index (χ4n) is 1.26. The number of aromatic nitrogens is 2. The molecule has 0 aliphatic heterocycles. The van der Waals surface area contributed by atoms with E-state index in [0.717, 1.165) is 17.0 Å². The fraction of sp³-hybridized carbons (Fsp3) is 0.0833. The second-order valence-electron chi connectivity index (χ2n) is 3.11. The van der Waals surface area contributed by atoms with Crippen LogP contribution < -0.4 is 4.74 Å². The number of H-pyrrole nitrogens is 1. The van der Waals surface area contributed by atoms with E-state index in [-0.39, 0.29) is 0 Å². The molecular formula is C12H12N2O. The SMILES string of the molecule is COc1ccc(/C=C\c2cc[nH]n2)cc1. The van der Waals surface area contributed by atoms with Gasteiger partial charge in [-0.15, -0.1) is 0 Å². The fourth-order valence-corrected chi connectivity index (χ4v) is 1.26. The second kappa shape index (κ2) is 4.46. The van der Waals surface area contributed by atoms with Crippen LogP contribution in [0.2, 0.25) is 0 Å². The largest absolute Gasteiger partial charge is 0.497 e. The van der Waals surface area contributed by atoms with E-state index in [4.69, 9.17) is 4.74 Å². The Morgan fingerprint density at radius 3 is 2.53 bits per heavy atom. The molecule has 0 spiro atoms. The number of rotatable bonds is 3. The summed E-state index contributed by atoms with van der Waals surface area (Å²) in [6, 6.07) is 9.79. The summed E-state index contributed by atoms with van der Waals surface area (Å²) in [6.45, 7) is 0. The highest BCUT2D eigenvalue weighted by molar-refractivity contribution is 5.67. The Morgan fingerprint density at radius 1 is 1.13 bits per heavy atom. The van der Waals surface area contributed by atoms with Gasteiger partial charge in [-0.05, 0) is 29.8 Å². The minimum Gasteiger partial charge on any atom is -0.497 e. The van der Waals surface area contributed by atoms with E-state index >= 15 is 0 Å². The molecule has 3 nitrogen and oxygen atoms in total. The average Bonchev–Trinajstić information content (AvgIpc) is 2.80. The minimum atomic E-state index is 0.868. The molecular weight excluding hydrogens is 188 g/mol. The summed E-state index contributed by atoms with van der Waals surface area (Å²) in [4.78, 5) is 0. The highest BCUT2D eigenvalue weighted by Crippen LogP contribution is 2.13. The summed E-state index contributed by atoms with van der Waals surface area (Å²) in [5.74, 6) is 0.868. The smallest absolute Gasteiger partial charge is 0.118 e. The zero-order chi connectivity index (χ0) is 10.5. The first-order valence-corrected chi connectivity index (χ1v) is 4.70. The van der Waals surface area contributed by atoms with Crippen LogP contribution in [-0.2, 0) is 0 Å². The maximum atomic E-state index is 5.08. The lowest BCUT2D eigenvalue weighted by molar-refractivity contribution is 0.415. The number of nitrogens with zero attached hydrogens (tertiary/aromatic N) is 1. The third-order valence-corrected chi connectivity index (χ3v) is 2.08. The molecule has 2 aromatic rings. The molecule has 0 amide bonds. The maximum absolute atomic E-state index is 5.08. The van der Waals surface area contributed by atoms with Crippen molar-refractivity contribution in [1.29, 1.82) is 0 Å². The van der Waals surface area contributed by atoms with Gasteiger partial charge in [-0.3, -0.25) is 5.10 Å². The number of methoxy groups -OCH3 is 1. The van der Waals surface area contributed by atoms with Crippen LogP contribution >= 0.6 is 0 Å². The van der Waals surface area contributed by atoms with Gasteiger partial charge in [0.25, 0.3) is 0 Å². The molecule has 0 saturated carbocycles. The Labute approximate surface area is 88.4 Å². The normalized spacial score (nSPS) is 10.7. The van der Waals surface area contributed by atoms with Crippen molar-refractivity contribution in [2.75, 3.05) is 7.11 Å². The molecule has 1 heterocycles. The van der Waals surface area contributed by atoms with Gasteiger partial charge in [0.2, 0.25) is 0 Å². The first-order valence-electron chi connectivity index (χ1n) is 4.70. The van der Waals surface area contributed by atoms with Crippen LogP contribution in [0.3, 0.4) is 0 Å². The third-order valence-electron chi connectivity index (χ3n) is 2.08. The van der Waals surface area contributed by atoms with Crippen LogP contribution in [0.1, 0.15) is 11.3 Å². The van der Waals surface area contributed by atoms with Gasteiger partial charge in [-0.2, -0.15) is 5.10 Å². The molecule has 1 N–H and O–H groups in total.